The molecule has 1 aliphatic heterocycles. The van der Waals surface area contributed by atoms with E-state index < -0.39 is 23.4 Å². The maximum absolute atomic E-state index is 14.4. The van der Waals surface area contributed by atoms with Gasteiger partial charge < -0.3 is 4.90 Å². The van der Waals surface area contributed by atoms with Crippen LogP contribution >= 0.6 is 11.6 Å². The highest BCUT2D eigenvalue weighted by Crippen LogP contribution is 2.31. The van der Waals surface area contributed by atoms with Gasteiger partial charge in [0, 0.05) is 23.4 Å². The summed E-state index contributed by atoms with van der Waals surface area (Å²) in [6.07, 6.45) is 0.463. The lowest BCUT2D eigenvalue weighted by Gasteiger charge is -2.26. The molecule has 0 bridgehead atoms. The minimum absolute atomic E-state index is 0.0127. The lowest BCUT2D eigenvalue weighted by molar-refractivity contribution is 0.0974. The van der Waals surface area contributed by atoms with Crippen molar-refractivity contribution < 1.29 is 18.0 Å². The van der Waals surface area contributed by atoms with Crippen LogP contribution in [0.2, 0.25) is 5.02 Å². The topological polar surface area (TPSA) is 38.1 Å². The Labute approximate surface area is 164 Å². The van der Waals surface area contributed by atoms with Gasteiger partial charge in [0.1, 0.15) is 11.6 Å². The van der Waals surface area contributed by atoms with Gasteiger partial charge in [0.15, 0.2) is 11.5 Å². The molecule has 1 amide bonds. The molecule has 2 aromatic carbocycles. The Morgan fingerprint density at radius 2 is 1.96 bits per heavy atom. The van der Waals surface area contributed by atoms with E-state index in [-0.39, 0.29) is 35.1 Å². The average Bonchev–Trinajstić information content (AvgIpc) is 2.98. The van der Waals surface area contributed by atoms with Gasteiger partial charge in [-0.3, -0.25) is 9.48 Å². The fraction of sp³-hybridized carbons (Fsp3) is 0.200. The van der Waals surface area contributed by atoms with E-state index in [1.54, 1.807) is 13.0 Å². The molecular formula is C20H15ClF3N3O. The third kappa shape index (κ3) is 3.05. The van der Waals surface area contributed by atoms with Crippen molar-refractivity contribution in [2.45, 2.75) is 19.9 Å². The maximum atomic E-state index is 14.4. The molecule has 0 aliphatic carbocycles. The van der Waals surface area contributed by atoms with Crippen LogP contribution in [0.5, 0.6) is 0 Å². The normalized spacial score (nSPS) is 13.8. The molecule has 144 valence electrons. The summed E-state index contributed by atoms with van der Waals surface area (Å²) in [5.74, 6) is -2.23. The van der Waals surface area contributed by atoms with Gasteiger partial charge in [0.25, 0.3) is 5.91 Å². The zero-order valence-electron chi connectivity index (χ0n) is 14.8. The molecule has 0 atom stereocenters. The summed E-state index contributed by atoms with van der Waals surface area (Å²) < 4.78 is 43.3. The van der Waals surface area contributed by atoms with Gasteiger partial charge in [0.2, 0.25) is 0 Å². The molecular weight excluding hydrogens is 391 g/mol. The molecule has 8 heteroatoms. The van der Waals surface area contributed by atoms with Gasteiger partial charge in [-0.2, -0.15) is 5.10 Å². The van der Waals surface area contributed by atoms with Crippen LogP contribution in [0.3, 0.4) is 0 Å². The number of rotatable bonds is 3. The van der Waals surface area contributed by atoms with E-state index in [2.05, 4.69) is 5.10 Å². The van der Waals surface area contributed by atoms with Gasteiger partial charge in [-0.25, -0.2) is 13.2 Å². The van der Waals surface area contributed by atoms with Crippen molar-refractivity contribution in [3.05, 3.63) is 81.4 Å². The molecule has 0 radical (unpaired) electrons. The van der Waals surface area contributed by atoms with Crippen LogP contribution in [0, 0.1) is 24.4 Å². The number of carbonyl (C=O) groups excluding carboxylic acids is 1. The number of nitrogens with zero attached hydrogens (tertiary/aromatic N) is 3. The van der Waals surface area contributed by atoms with Crippen molar-refractivity contribution in [2.75, 3.05) is 11.4 Å². The molecule has 0 spiro atoms. The number of aromatic nitrogens is 2. The molecule has 2 heterocycles. The van der Waals surface area contributed by atoms with Crippen molar-refractivity contribution in [3.8, 4) is 0 Å². The lowest BCUT2D eigenvalue weighted by atomic mass is 10.0. The molecule has 4 rings (SSSR count). The van der Waals surface area contributed by atoms with E-state index in [0.29, 0.717) is 12.1 Å². The summed E-state index contributed by atoms with van der Waals surface area (Å²) in [7, 11) is 0. The first-order valence-corrected chi connectivity index (χ1v) is 9.00. The van der Waals surface area contributed by atoms with Crippen molar-refractivity contribution >= 4 is 23.2 Å². The first-order chi connectivity index (χ1) is 13.4. The number of fused-ring (bicyclic) bond motifs is 1. The van der Waals surface area contributed by atoms with Crippen LogP contribution in [-0.2, 0) is 13.0 Å². The summed E-state index contributed by atoms with van der Waals surface area (Å²) in [6, 6.07) is 7.66. The van der Waals surface area contributed by atoms with Crippen LogP contribution in [0.15, 0.2) is 36.4 Å². The molecule has 28 heavy (non-hydrogen) atoms. The van der Waals surface area contributed by atoms with Gasteiger partial charge in [-0.1, -0.05) is 17.7 Å². The second-order valence-corrected chi connectivity index (χ2v) is 6.99. The Hall–Kier alpha value is -2.80. The van der Waals surface area contributed by atoms with E-state index >= 15 is 0 Å². The third-order valence-electron chi connectivity index (χ3n) is 4.91. The summed E-state index contributed by atoms with van der Waals surface area (Å²) in [5, 5.41) is 4.24. The molecule has 3 aromatic rings. The Bertz CT molecular complexity index is 1100. The molecule has 1 aromatic heterocycles. The number of halogens is 4. The van der Waals surface area contributed by atoms with E-state index in [9.17, 15) is 18.0 Å². The average molecular weight is 406 g/mol. The van der Waals surface area contributed by atoms with Crippen LogP contribution in [0.4, 0.5) is 18.9 Å². The third-order valence-corrected chi connectivity index (χ3v) is 5.21. The van der Waals surface area contributed by atoms with E-state index in [0.717, 1.165) is 23.8 Å². The second-order valence-electron chi connectivity index (χ2n) is 6.59. The van der Waals surface area contributed by atoms with Crippen LogP contribution in [0.1, 0.15) is 27.3 Å². The largest absolute Gasteiger partial charge is 0.304 e. The van der Waals surface area contributed by atoms with E-state index in [1.807, 2.05) is 0 Å². The Morgan fingerprint density at radius 1 is 1.18 bits per heavy atom. The number of carbonyl (C=O) groups is 1. The van der Waals surface area contributed by atoms with Crippen LogP contribution < -0.4 is 4.90 Å². The molecule has 4 nitrogen and oxygen atoms in total. The number of amides is 1. The number of anilines is 1. The molecule has 0 saturated heterocycles. The predicted octanol–water partition coefficient (Wildman–Crippen LogP) is 4.51. The van der Waals surface area contributed by atoms with Crippen LogP contribution in [-0.4, -0.2) is 22.2 Å². The zero-order chi connectivity index (χ0) is 20.0. The zero-order valence-corrected chi connectivity index (χ0v) is 15.6. The summed E-state index contributed by atoms with van der Waals surface area (Å²) in [4.78, 5) is 14.2. The van der Waals surface area contributed by atoms with Crippen molar-refractivity contribution in [2.24, 2.45) is 0 Å². The minimum Gasteiger partial charge on any atom is -0.304 e. The Balaban J connectivity index is 1.70. The fourth-order valence-corrected chi connectivity index (χ4v) is 3.59. The molecule has 1 aliphatic rings. The molecule has 0 saturated carbocycles. The highest BCUT2D eigenvalue weighted by atomic mass is 35.5. The summed E-state index contributed by atoms with van der Waals surface area (Å²) >= 11 is 5.83. The van der Waals surface area contributed by atoms with Gasteiger partial charge in [-0.05, 0) is 43.7 Å². The maximum Gasteiger partial charge on any atom is 0.279 e. The van der Waals surface area contributed by atoms with E-state index in [1.165, 1.54) is 21.7 Å². The molecule has 0 fully saturated rings. The first-order valence-electron chi connectivity index (χ1n) is 8.63. The highest BCUT2D eigenvalue weighted by Gasteiger charge is 2.32. The standard InChI is InChI=1S/C20H15ClF3N3O/c1-11-14-7-8-26(17-4-2-3-15(21)18(17)24)20(28)19(14)25-27(11)10-12-9-13(22)5-6-16(12)23/h2-6,9H,7-8,10H2,1H3. The van der Waals surface area contributed by atoms with Crippen LogP contribution in [0.25, 0.3) is 0 Å². The number of hydrogen-bond acceptors (Lipinski definition) is 2. The Kier molecular flexibility index (Phi) is 4.63. The quantitative estimate of drug-likeness (QED) is 0.643. The van der Waals surface area contributed by atoms with E-state index in [4.69, 9.17) is 11.6 Å². The van der Waals surface area contributed by atoms with Gasteiger partial charge in [0.05, 0.1) is 17.3 Å². The minimum atomic E-state index is -0.668. The van der Waals surface area contributed by atoms with Crippen molar-refractivity contribution in [1.82, 2.24) is 9.78 Å². The SMILES string of the molecule is Cc1c2c(nn1Cc1cc(F)ccc1F)C(=O)N(c1cccc(Cl)c1F)CC2. The monoisotopic (exact) mass is 405 g/mol. The predicted molar refractivity (Wildman–Crippen MR) is 99.2 cm³/mol. The van der Waals surface area contributed by atoms with Gasteiger partial charge in [-0.15, -0.1) is 0 Å². The Morgan fingerprint density at radius 3 is 2.75 bits per heavy atom. The van der Waals surface area contributed by atoms with Gasteiger partial charge >= 0.3 is 0 Å². The second kappa shape index (κ2) is 6.98. The molecule has 0 unspecified atom stereocenters. The summed E-state index contributed by atoms with van der Waals surface area (Å²) in [5.41, 5.74) is 1.82. The van der Waals surface area contributed by atoms with Crippen molar-refractivity contribution in [3.63, 3.8) is 0 Å². The first kappa shape index (κ1) is 18.6. The number of benzene rings is 2. The lowest BCUT2D eigenvalue weighted by Crippen LogP contribution is -2.38. The summed E-state index contributed by atoms with van der Waals surface area (Å²) in [6.45, 7) is 2.02. The highest BCUT2D eigenvalue weighted by molar-refractivity contribution is 6.31. The fourth-order valence-electron chi connectivity index (χ4n) is 3.42. The molecule has 0 N–H and O–H groups in total. The smallest absolute Gasteiger partial charge is 0.279 e. The van der Waals surface area contributed by atoms with Crippen molar-refractivity contribution in [1.29, 1.82) is 0 Å². The number of hydrogen-bond donors (Lipinski definition) is 0.